The lowest BCUT2D eigenvalue weighted by Gasteiger charge is -2.08. The Labute approximate surface area is 113 Å². The molecule has 20 heavy (non-hydrogen) atoms. The molecule has 0 fully saturated rings. The number of hydrogen-bond acceptors (Lipinski definition) is 3. The number of halogens is 1. The molecule has 0 saturated heterocycles. The third-order valence-electron chi connectivity index (χ3n) is 2.41. The third-order valence-corrected chi connectivity index (χ3v) is 2.41. The number of carbonyl (C=O) groups excluding carboxylic acids is 2. The molecule has 0 spiro atoms. The van der Waals surface area contributed by atoms with Gasteiger partial charge in [-0.25, -0.2) is 9.18 Å². The Morgan fingerprint density at radius 1 is 1.15 bits per heavy atom. The van der Waals surface area contributed by atoms with Gasteiger partial charge < -0.3 is 16.4 Å². The second-order valence-corrected chi connectivity index (χ2v) is 3.88. The third kappa shape index (κ3) is 3.29. The Morgan fingerprint density at radius 3 is 2.50 bits per heavy atom. The van der Waals surface area contributed by atoms with Crippen LogP contribution in [0, 0.1) is 5.82 Å². The van der Waals surface area contributed by atoms with Gasteiger partial charge in [0.1, 0.15) is 0 Å². The van der Waals surface area contributed by atoms with Gasteiger partial charge in [0.15, 0.2) is 5.82 Å². The van der Waals surface area contributed by atoms with Crippen molar-refractivity contribution in [3.05, 3.63) is 54.1 Å². The molecule has 102 valence electrons. The Bertz CT molecular complexity index is 660. The van der Waals surface area contributed by atoms with E-state index in [0.717, 1.165) is 6.20 Å². The van der Waals surface area contributed by atoms with Gasteiger partial charge in [0.2, 0.25) is 0 Å². The molecular formula is C13H11FN4O2. The maximum atomic E-state index is 13.4. The molecule has 0 aliphatic heterocycles. The Morgan fingerprint density at radius 2 is 1.85 bits per heavy atom. The Hall–Kier alpha value is -2.96. The van der Waals surface area contributed by atoms with E-state index >= 15 is 0 Å². The van der Waals surface area contributed by atoms with Gasteiger partial charge in [-0.2, -0.15) is 0 Å². The Kier molecular flexibility index (Phi) is 3.90. The number of nitrogens with zero attached hydrogens (tertiary/aromatic N) is 1. The van der Waals surface area contributed by atoms with Crippen LogP contribution in [0.25, 0.3) is 0 Å². The number of rotatable bonds is 3. The van der Waals surface area contributed by atoms with E-state index in [1.807, 2.05) is 0 Å². The van der Waals surface area contributed by atoms with Gasteiger partial charge in [0.05, 0.1) is 11.8 Å². The second kappa shape index (κ2) is 5.79. The molecule has 0 saturated carbocycles. The van der Waals surface area contributed by atoms with Gasteiger partial charge in [0, 0.05) is 17.6 Å². The predicted octanol–water partition coefficient (Wildman–Crippen LogP) is 1.96. The molecule has 4 N–H and O–H groups in total. The number of primary amides is 1. The summed E-state index contributed by atoms with van der Waals surface area (Å²) in [6, 6.07) is 6.88. The van der Waals surface area contributed by atoms with Crippen LogP contribution in [0.5, 0.6) is 0 Å². The molecule has 0 atom stereocenters. The monoisotopic (exact) mass is 274 g/mol. The van der Waals surface area contributed by atoms with Crippen molar-refractivity contribution in [2.24, 2.45) is 5.73 Å². The molecule has 3 amide bonds. The molecule has 0 bridgehead atoms. The van der Waals surface area contributed by atoms with Crippen LogP contribution < -0.4 is 16.4 Å². The second-order valence-electron chi connectivity index (χ2n) is 3.88. The van der Waals surface area contributed by atoms with Gasteiger partial charge in [-0.15, -0.1) is 0 Å². The summed E-state index contributed by atoms with van der Waals surface area (Å²) in [6.45, 7) is 0. The van der Waals surface area contributed by atoms with Crippen molar-refractivity contribution >= 4 is 23.3 Å². The minimum atomic E-state index is -0.714. The maximum absolute atomic E-state index is 13.4. The molecule has 1 heterocycles. The van der Waals surface area contributed by atoms with E-state index in [9.17, 15) is 14.0 Å². The number of aromatic nitrogens is 1. The van der Waals surface area contributed by atoms with Crippen molar-refractivity contribution in [3.8, 4) is 0 Å². The maximum Gasteiger partial charge on any atom is 0.316 e. The minimum absolute atomic E-state index is 0.117. The van der Waals surface area contributed by atoms with Crippen LogP contribution >= 0.6 is 0 Å². The molecule has 0 unspecified atom stereocenters. The normalized spacial score (nSPS) is 9.85. The Balaban J connectivity index is 2.16. The van der Waals surface area contributed by atoms with Crippen molar-refractivity contribution < 1.29 is 14.0 Å². The first-order valence-electron chi connectivity index (χ1n) is 5.63. The number of urea groups is 1. The minimum Gasteiger partial charge on any atom is -0.351 e. The van der Waals surface area contributed by atoms with Crippen LogP contribution in [0.2, 0.25) is 0 Å². The molecule has 2 rings (SSSR count). The van der Waals surface area contributed by atoms with Crippen LogP contribution in [0.15, 0.2) is 42.7 Å². The average molecular weight is 274 g/mol. The number of pyridine rings is 1. The summed E-state index contributed by atoms with van der Waals surface area (Å²) in [5, 5.41) is 4.89. The van der Waals surface area contributed by atoms with Crippen molar-refractivity contribution in [1.29, 1.82) is 0 Å². The summed E-state index contributed by atoms with van der Waals surface area (Å²) in [7, 11) is 0. The van der Waals surface area contributed by atoms with Gasteiger partial charge in [-0.3, -0.25) is 9.78 Å². The zero-order chi connectivity index (χ0) is 14.5. The lowest BCUT2D eigenvalue weighted by Crippen LogP contribution is -2.19. The largest absolute Gasteiger partial charge is 0.351 e. The molecule has 2 aromatic rings. The summed E-state index contributed by atoms with van der Waals surface area (Å²) in [4.78, 5) is 26.2. The van der Waals surface area contributed by atoms with Crippen molar-refractivity contribution in [2.75, 3.05) is 10.6 Å². The van der Waals surface area contributed by atoms with Crippen LogP contribution in [0.3, 0.4) is 0 Å². The molecule has 0 aliphatic carbocycles. The fourth-order valence-electron chi connectivity index (χ4n) is 1.57. The van der Waals surface area contributed by atoms with E-state index < -0.39 is 17.8 Å². The number of hydrogen-bond donors (Lipinski definition) is 3. The SMILES string of the molecule is NC(=O)Nc1cccc(NC(=O)c2ccncc2F)c1. The van der Waals surface area contributed by atoms with Gasteiger partial charge in [0.25, 0.3) is 5.91 Å². The molecule has 0 radical (unpaired) electrons. The number of anilines is 2. The zero-order valence-corrected chi connectivity index (χ0v) is 10.3. The van der Waals surface area contributed by atoms with E-state index in [0.29, 0.717) is 11.4 Å². The fourth-order valence-corrected chi connectivity index (χ4v) is 1.57. The number of nitrogens with one attached hydrogen (secondary N) is 2. The van der Waals surface area contributed by atoms with Gasteiger partial charge >= 0.3 is 6.03 Å². The highest BCUT2D eigenvalue weighted by molar-refractivity contribution is 6.04. The highest BCUT2D eigenvalue weighted by atomic mass is 19.1. The summed E-state index contributed by atoms with van der Waals surface area (Å²) < 4.78 is 13.4. The highest BCUT2D eigenvalue weighted by Gasteiger charge is 2.11. The van der Waals surface area contributed by atoms with E-state index in [-0.39, 0.29) is 5.56 Å². The first kappa shape index (κ1) is 13.5. The molecule has 1 aromatic carbocycles. The molecule has 7 heteroatoms. The number of benzene rings is 1. The van der Waals surface area contributed by atoms with Crippen molar-refractivity contribution in [2.45, 2.75) is 0 Å². The average Bonchev–Trinajstić information content (AvgIpc) is 2.38. The van der Waals surface area contributed by atoms with Crippen molar-refractivity contribution in [1.82, 2.24) is 4.98 Å². The molecule has 1 aromatic heterocycles. The number of nitrogens with two attached hydrogens (primary N) is 1. The van der Waals surface area contributed by atoms with E-state index in [1.54, 1.807) is 18.2 Å². The molecule has 6 nitrogen and oxygen atoms in total. The smallest absolute Gasteiger partial charge is 0.316 e. The zero-order valence-electron chi connectivity index (χ0n) is 10.3. The van der Waals surface area contributed by atoms with E-state index in [1.165, 1.54) is 18.3 Å². The lowest BCUT2D eigenvalue weighted by molar-refractivity contribution is 0.102. The van der Waals surface area contributed by atoms with Crippen LogP contribution in [0.4, 0.5) is 20.6 Å². The van der Waals surface area contributed by atoms with Crippen LogP contribution in [0.1, 0.15) is 10.4 Å². The summed E-state index contributed by atoms with van der Waals surface area (Å²) in [5.74, 6) is -1.32. The van der Waals surface area contributed by atoms with Gasteiger partial charge in [-0.05, 0) is 24.3 Å². The first-order chi connectivity index (χ1) is 9.56. The molecule has 0 aliphatic rings. The quantitative estimate of drug-likeness (QED) is 0.798. The first-order valence-corrected chi connectivity index (χ1v) is 5.63. The summed E-state index contributed by atoms with van der Waals surface area (Å²) in [5.41, 5.74) is 5.70. The fraction of sp³-hybridized carbons (Fsp3) is 0. The molecular weight excluding hydrogens is 263 g/mol. The lowest BCUT2D eigenvalue weighted by atomic mass is 10.2. The number of amides is 3. The van der Waals surface area contributed by atoms with Crippen LogP contribution in [-0.2, 0) is 0 Å². The van der Waals surface area contributed by atoms with E-state index in [4.69, 9.17) is 5.73 Å². The number of carbonyl (C=O) groups is 2. The standard InChI is InChI=1S/C13H11FN4O2/c14-11-7-16-5-4-10(11)12(19)17-8-2-1-3-9(6-8)18-13(15)20/h1-7H,(H,17,19)(H3,15,18,20). The predicted molar refractivity (Wildman–Crippen MR) is 71.8 cm³/mol. The van der Waals surface area contributed by atoms with E-state index in [2.05, 4.69) is 15.6 Å². The highest BCUT2D eigenvalue weighted by Crippen LogP contribution is 2.16. The summed E-state index contributed by atoms with van der Waals surface area (Å²) >= 11 is 0. The topological polar surface area (TPSA) is 97.1 Å². The summed E-state index contributed by atoms with van der Waals surface area (Å²) in [6.07, 6.45) is 2.28. The van der Waals surface area contributed by atoms with Crippen molar-refractivity contribution in [3.63, 3.8) is 0 Å². The van der Waals surface area contributed by atoms with Gasteiger partial charge in [-0.1, -0.05) is 6.07 Å². The van der Waals surface area contributed by atoms with Crippen LogP contribution in [-0.4, -0.2) is 16.9 Å².